The van der Waals surface area contributed by atoms with Gasteiger partial charge in [-0.1, -0.05) is 11.6 Å². The largest absolute Gasteiger partial charge is 0.433 e. The predicted octanol–water partition coefficient (Wildman–Crippen LogP) is 4.71. The second-order valence-electron chi connectivity index (χ2n) is 11.4. The van der Waals surface area contributed by atoms with Gasteiger partial charge in [0, 0.05) is 35.1 Å². The molecule has 2 aromatic heterocycles. The molecular formula is C28H31ClF3N5O3. The molecule has 8 nitrogen and oxygen atoms in total. The van der Waals surface area contributed by atoms with Crippen LogP contribution in [0.5, 0.6) is 0 Å². The van der Waals surface area contributed by atoms with Crippen LogP contribution in [-0.2, 0) is 22.8 Å². The molecule has 4 atom stereocenters. The van der Waals surface area contributed by atoms with Crippen LogP contribution in [0.25, 0.3) is 10.8 Å². The topological polar surface area (TPSA) is 92.5 Å². The third-order valence-corrected chi connectivity index (χ3v) is 9.22. The van der Waals surface area contributed by atoms with E-state index in [1.54, 1.807) is 12.3 Å². The number of carbonyl (C=O) groups is 1. The van der Waals surface area contributed by atoms with Crippen LogP contribution < -0.4 is 5.32 Å². The fraction of sp³-hybridized carbons (Fsp3) is 0.536. The number of anilines is 1. The van der Waals surface area contributed by atoms with E-state index in [0.29, 0.717) is 30.5 Å². The van der Waals surface area contributed by atoms with Crippen LogP contribution in [0.15, 0.2) is 30.6 Å². The molecule has 2 N–H and O–H groups in total. The summed E-state index contributed by atoms with van der Waals surface area (Å²) in [6.07, 6.45) is -0.0952. The van der Waals surface area contributed by atoms with E-state index in [1.807, 2.05) is 19.1 Å². The zero-order valence-electron chi connectivity index (χ0n) is 22.2. The number of hydrogen-bond acceptors (Lipinski definition) is 6. The lowest BCUT2D eigenvalue weighted by atomic mass is 9.85. The number of alkyl halides is 3. The first-order valence-electron chi connectivity index (χ1n) is 13.5. The highest BCUT2D eigenvalue weighted by Crippen LogP contribution is 2.51. The quantitative estimate of drug-likeness (QED) is 0.456. The molecule has 214 valence electrons. The third kappa shape index (κ3) is 4.87. The van der Waals surface area contributed by atoms with Gasteiger partial charge >= 0.3 is 6.18 Å². The van der Waals surface area contributed by atoms with Crippen molar-refractivity contribution in [2.45, 2.75) is 55.8 Å². The van der Waals surface area contributed by atoms with E-state index in [9.17, 15) is 23.1 Å². The molecular weight excluding hydrogens is 547 g/mol. The van der Waals surface area contributed by atoms with E-state index in [2.05, 4.69) is 20.3 Å². The number of benzene rings is 1. The number of likely N-dealkylation sites (tertiary alicyclic amines) is 1. The van der Waals surface area contributed by atoms with Crippen LogP contribution in [0.3, 0.4) is 0 Å². The second-order valence-corrected chi connectivity index (χ2v) is 11.9. The maximum Gasteiger partial charge on any atom is 0.433 e. The van der Waals surface area contributed by atoms with E-state index in [0.717, 1.165) is 46.9 Å². The average molecular weight is 578 g/mol. The van der Waals surface area contributed by atoms with Gasteiger partial charge in [-0.05, 0) is 80.3 Å². The molecule has 1 aromatic carbocycles. The Hall–Kier alpha value is -2.73. The van der Waals surface area contributed by atoms with E-state index in [1.165, 1.54) is 13.2 Å². The summed E-state index contributed by atoms with van der Waals surface area (Å²) in [5.74, 6) is -0.865. The van der Waals surface area contributed by atoms with Crippen molar-refractivity contribution in [3.05, 3.63) is 52.4 Å². The lowest BCUT2D eigenvalue weighted by Crippen LogP contribution is -2.56. The number of ether oxygens (including phenoxy) is 1. The Kier molecular flexibility index (Phi) is 6.84. The molecule has 0 radical (unpaired) electrons. The van der Waals surface area contributed by atoms with Crippen molar-refractivity contribution in [1.29, 1.82) is 0 Å². The third-order valence-electron chi connectivity index (χ3n) is 8.90. The van der Waals surface area contributed by atoms with Gasteiger partial charge in [0.1, 0.15) is 11.5 Å². The summed E-state index contributed by atoms with van der Waals surface area (Å²) < 4.78 is 46.7. The zero-order valence-corrected chi connectivity index (χ0v) is 23.0. The second kappa shape index (κ2) is 9.97. The van der Waals surface area contributed by atoms with Crippen LogP contribution in [-0.4, -0.2) is 68.6 Å². The SMILES string of the molecule is Cn1ncc(C2CC2C(=O)Nc2cc3cc(C4CCN([C@]5(C)COC[C@@H]5O)CC4)c(Cl)cc3cn2)c1C(F)(F)F. The van der Waals surface area contributed by atoms with E-state index >= 15 is 0 Å². The van der Waals surface area contributed by atoms with Crippen LogP contribution in [0.4, 0.5) is 19.0 Å². The van der Waals surface area contributed by atoms with Gasteiger partial charge in [-0.25, -0.2) is 4.98 Å². The number of aryl methyl sites for hydroxylation is 1. The minimum Gasteiger partial charge on any atom is -0.389 e. The van der Waals surface area contributed by atoms with Crippen LogP contribution in [0.1, 0.15) is 54.8 Å². The van der Waals surface area contributed by atoms with Gasteiger partial charge in [0.05, 0.1) is 31.1 Å². The number of amides is 1. The van der Waals surface area contributed by atoms with Crippen molar-refractivity contribution in [3.8, 4) is 0 Å². The first kappa shape index (κ1) is 27.4. The molecule has 2 saturated heterocycles. The van der Waals surface area contributed by atoms with Gasteiger partial charge in [0.15, 0.2) is 0 Å². The predicted molar refractivity (Wildman–Crippen MR) is 143 cm³/mol. The van der Waals surface area contributed by atoms with Crippen LogP contribution in [0.2, 0.25) is 5.02 Å². The summed E-state index contributed by atoms with van der Waals surface area (Å²) in [5, 5.41) is 19.3. The van der Waals surface area contributed by atoms with Crippen molar-refractivity contribution in [2.75, 3.05) is 31.6 Å². The number of nitrogens with one attached hydrogen (secondary N) is 1. The molecule has 1 saturated carbocycles. The normalized spacial score (nSPS) is 27.8. The number of rotatable bonds is 5. The van der Waals surface area contributed by atoms with Gasteiger partial charge < -0.3 is 15.2 Å². The molecule has 6 rings (SSSR count). The van der Waals surface area contributed by atoms with Gasteiger partial charge in [0.25, 0.3) is 0 Å². The first-order valence-corrected chi connectivity index (χ1v) is 13.8. The summed E-state index contributed by atoms with van der Waals surface area (Å²) in [5.41, 5.74) is -0.100. The van der Waals surface area contributed by atoms with Gasteiger partial charge in [-0.2, -0.15) is 18.3 Å². The number of aliphatic hydroxyl groups is 1. The Bertz CT molecular complexity index is 1450. The molecule has 0 bridgehead atoms. The fourth-order valence-electron chi connectivity index (χ4n) is 6.34. The Morgan fingerprint density at radius 2 is 1.93 bits per heavy atom. The summed E-state index contributed by atoms with van der Waals surface area (Å²) in [6.45, 7) is 4.57. The minimum atomic E-state index is -4.54. The van der Waals surface area contributed by atoms with Crippen molar-refractivity contribution in [3.63, 3.8) is 0 Å². The molecule has 1 amide bonds. The van der Waals surface area contributed by atoms with Gasteiger partial charge in [-0.15, -0.1) is 0 Å². The molecule has 3 fully saturated rings. The smallest absolute Gasteiger partial charge is 0.389 e. The lowest BCUT2D eigenvalue weighted by Gasteiger charge is -2.43. The molecule has 3 aromatic rings. The number of aliphatic hydroxyl groups excluding tert-OH is 1. The molecule has 40 heavy (non-hydrogen) atoms. The Labute approximate surface area is 234 Å². The number of pyridine rings is 1. The molecule has 12 heteroatoms. The molecule has 4 heterocycles. The Morgan fingerprint density at radius 1 is 1.18 bits per heavy atom. The van der Waals surface area contributed by atoms with Crippen LogP contribution in [0, 0.1) is 5.92 Å². The number of aromatic nitrogens is 3. The summed E-state index contributed by atoms with van der Waals surface area (Å²) in [4.78, 5) is 19.6. The highest BCUT2D eigenvalue weighted by molar-refractivity contribution is 6.32. The summed E-state index contributed by atoms with van der Waals surface area (Å²) in [6, 6.07) is 5.69. The van der Waals surface area contributed by atoms with Crippen molar-refractivity contribution in [2.24, 2.45) is 13.0 Å². The first-order chi connectivity index (χ1) is 19.0. The number of fused-ring (bicyclic) bond motifs is 1. The number of halogens is 4. The highest BCUT2D eigenvalue weighted by atomic mass is 35.5. The highest BCUT2D eigenvalue weighted by Gasteiger charge is 2.50. The number of piperidine rings is 1. The average Bonchev–Trinajstić information content (AvgIpc) is 3.50. The standard InChI is InChI=1S/C28H31ClF3N5O3/c1-27(14-40-13-23(27)38)37-5-3-15(4-6-37)18-7-16-9-24(33-11-17(16)8-22(18)29)35-26(39)20-10-19(20)21-12-34-36(2)25(21)28(30,31)32/h7-9,11-12,15,19-20,23,38H,3-6,10,13-14H2,1-2H3,(H,33,35,39)/t19?,20?,23-,27+/m0/s1. The maximum atomic E-state index is 13.5. The van der Waals surface area contributed by atoms with E-state index in [-0.39, 0.29) is 22.9 Å². The lowest BCUT2D eigenvalue weighted by molar-refractivity contribution is -0.144. The van der Waals surface area contributed by atoms with E-state index < -0.39 is 29.8 Å². The Balaban J connectivity index is 1.15. The molecule has 3 aliphatic rings. The summed E-state index contributed by atoms with van der Waals surface area (Å²) in [7, 11) is 1.25. The van der Waals surface area contributed by atoms with Crippen molar-refractivity contribution in [1.82, 2.24) is 19.7 Å². The molecule has 2 aliphatic heterocycles. The molecule has 1 aliphatic carbocycles. The van der Waals surface area contributed by atoms with Crippen molar-refractivity contribution < 1.29 is 27.8 Å². The van der Waals surface area contributed by atoms with Crippen molar-refractivity contribution >= 4 is 34.1 Å². The summed E-state index contributed by atoms with van der Waals surface area (Å²) >= 11 is 6.69. The molecule has 0 spiro atoms. The van der Waals surface area contributed by atoms with E-state index in [4.69, 9.17) is 16.3 Å². The number of nitrogens with zero attached hydrogens (tertiary/aromatic N) is 4. The monoisotopic (exact) mass is 577 g/mol. The Morgan fingerprint density at radius 3 is 2.60 bits per heavy atom. The molecule has 2 unspecified atom stereocenters. The minimum absolute atomic E-state index is 0.0518. The zero-order chi connectivity index (χ0) is 28.4. The maximum absolute atomic E-state index is 13.5. The fourth-order valence-corrected chi connectivity index (χ4v) is 6.67. The number of carbonyl (C=O) groups excluding carboxylic acids is 1. The van der Waals surface area contributed by atoms with Gasteiger partial charge in [-0.3, -0.25) is 14.4 Å². The van der Waals surface area contributed by atoms with Crippen LogP contribution >= 0.6 is 11.6 Å². The van der Waals surface area contributed by atoms with Gasteiger partial charge in [0.2, 0.25) is 5.91 Å². The number of hydrogen-bond donors (Lipinski definition) is 2.